The molecular weight excluding hydrogens is 347 g/mol. The zero-order valence-corrected chi connectivity index (χ0v) is 14.8. The van der Waals surface area contributed by atoms with Crippen molar-refractivity contribution in [3.63, 3.8) is 0 Å². The lowest BCUT2D eigenvalue weighted by Gasteiger charge is -2.18. The summed E-state index contributed by atoms with van der Waals surface area (Å²) in [6, 6.07) is 14.7. The summed E-state index contributed by atoms with van der Waals surface area (Å²) < 4.78 is 0. The van der Waals surface area contributed by atoms with Crippen molar-refractivity contribution >= 4 is 35.0 Å². The third-order valence-corrected chi connectivity index (χ3v) is 4.37. The number of carbonyl (C=O) groups excluding carboxylic acids is 2. The van der Waals surface area contributed by atoms with Crippen LogP contribution in [0.25, 0.3) is 0 Å². The van der Waals surface area contributed by atoms with Crippen LogP contribution in [0.5, 0.6) is 0 Å². The second-order valence-corrected chi connectivity index (χ2v) is 6.19. The van der Waals surface area contributed by atoms with E-state index in [9.17, 15) is 9.59 Å². The van der Waals surface area contributed by atoms with Gasteiger partial charge in [-0.15, -0.1) is 0 Å². The van der Waals surface area contributed by atoms with Crippen molar-refractivity contribution in [2.24, 2.45) is 0 Å². The molecule has 2 aromatic carbocycles. The van der Waals surface area contributed by atoms with E-state index in [4.69, 9.17) is 23.2 Å². The first-order valence-corrected chi connectivity index (χ1v) is 8.20. The van der Waals surface area contributed by atoms with Crippen LogP contribution in [0.15, 0.2) is 48.5 Å². The number of amides is 2. The minimum atomic E-state index is -0.201. The number of nitrogens with zero attached hydrogens (tertiary/aromatic N) is 1. The van der Waals surface area contributed by atoms with E-state index in [0.717, 1.165) is 11.1 Å². The summed E-state index contributed by atoms with van der Waals surface area (Å²) in [4.78, 5) is 25.5. The first-order chi connectivity index (χ1) is 11.5. The quantitative estimate of drug-likeness (QED) is 0.854. The van der Waals surface area contributed by atoms with E-state index in [1.165, 1.54) is 4.90 Å². The largest absolute Gasteiger partial charge is 0.347 e. The standard InChI is InChI=1S/C18H18Cl2N2O2/c1-22(12-14-8-5-9-15(19)18(14)20)17(24)11-21-16(23)10-13-6-3-2-4-7-13/h2-9H,10-12H2,1H3,(H,21,23). The molecule has 0 fully saturated rings. The molecule has 0 spiro atoms. The molecule has 0 heterocycles. The molecule has 0 saturated heterocycles. The van der Waals surface area contributed by atoms with Crippen LogP contribution in [0.1, 0.15) is 11.1 Å². The van der Waals surface area contributed by atoms with Crippen LogP contribution in [0.2, 0.25) is 10.0 Å². The number of likely N-dealkylation sites (N-methyl/N-ethyl adjacent to an activating group) is 1. The van der Waals surface area contributed by atoms with Gasteiger partial charge in [-0.05, 0) is 17.2 Å². The van der Waals surface area contributed by atoms with Crippen molar-refractivity contribution in [2.75, 3.05) is 13.6 Å². The van der Waals surface area contributed by atoms with Gasteiger partial charge in [-0.2, -0.15) is 0 Å². The molecule has 2 aromatic rings. The van der Waals surface area contributed by atoms with Crippen LogP contribution < -0.4 is 5.32 Å². The highest BCUT2D eigenvalue weighted by Gasteiger charge is 2.13. The molecule has 1 N–H and O–H groups in total. The number of hydrogen-bond donors (Lipinski definition) is 1. The molecule has 0 bridgehead atoms. The van der Waals surface area contributed by atoms with Crippen molar-refractivity contribution in [3.05, 3.63) is 69.7 Å². The maximum absolute atomic E-state index is 12.1. The Bertz CT molecular complexity index is 720. The molecule has 4 nitrogen and oxygen atoms in total. The summed E-state index contributed by atoms with van der Waals surface area (Å²) in [7, 11) is 1.66. The molecule has 0 radical (unpaired) electrons. The fraction of sp³-hybridized carbons (Fsp3) is 0.222. The molecule has 24 heavy (non-hydrogen) atoms. The molecule has 2 rings (SSSR count). The summed E-state index contributed by atoms with van der Waals surface area (Å²) >= 11 is 12.1. The molecule has 0 aliphatic heterocycles. The summed E-state index contributed by atoms with van der Waals surface area (Å²) in [5.74, 6) is -0.392. The molecule has 0 aliphatic rings. The molecular formula is C18H18Cl2N2O2. The maximum Gasteiger partial charge on any atom is 0.242 e. The Hall–Kier alpha value is -2.04. The van der Waals surface area contributed by atoms with E-state index < -0.39 is 0 Å². The predicted octanol–water partition coefficient (Wildman–Crippen LogP) is 3.31. The molecule has 0 aromatic heterocycles. The van der Waals surface area contributed by atoms with Gasteiger partial charge in [0.05, 0.1) is 23.0 Å². The van der Waals surface area contributed by atoms with Crippen LogP contribution in [-0.4, -0.2) is 30.3 Å². The maximum atomic E-state index is 12.1. The lowest BCUT2D eigenvalue weighted by molar-refractivity contribution is -0.132. The second-order valence-electron chi connectivity index (χ2n) is 5.40. The highest BCUT2D eigenvalue weighted by atomic mass is 35.5. The minimum Gasteiger partial charge on any atom is -0.347 e. The predicted molar refractivity (Wildman–Crippen MR) is 96.1 cm³/mol. The van der Waals surface area contributed by atoms with Crippen molar-refractivity contribution in [2.45, 2.75) is 13.0 Å². The first kappa shape index (κ1) is 18.3. The molecule has 126 valence electrons. The van der Waals surface area contributed by atoms with Gasteiger partial charge in [0, 0.05) is 13.6 Å². The van der Waals surface area contributed by atoms with Gasteiger partial charge in [0.1, 0.15) is 0 Å². The zero-order valence-electron chi connectivity index (χ0n) is 13.3. The van der Waals surface area contributed by atoms with Crippen molar-refractivity contribution < 1.29 is 9.59 Å². The first-order valence-electron chi connectivity index (χ1n) is 7.45. The Morgan fingerprint density at radius 2 is 1.75 bits per heavy atom. The van der Waals surface area contributed by atoms with Crippen molar-refractivity contribution in [1.82, 2.24) is 10.2 Å². The van der Waals surface area contributed by atoms with Crippen LogP contribution in [0, 0.1) is 0 Å². The summed E-state index contributed by atoms with van der Waals surface area (Å²) in [6.07, 6.45) is 0.248. The van der Waals surface area contributed by atoms with Gasteiger partial charge in [-0.3, -0.25) is 9.59 Å². The van der Waals surface area contributed by atoms with E-state index in [1.54, 1.807) is 19.2 Å². The molecule has 0 atom stereocenters. The third-order valence-electron chi connectivity index (χ3n) is 3.51. The van der Waals surface area contributed by atoms with Gasteiger partial charge >= 0.3 is 0 Å². The normalized spacial score (nSPS) is 10.3. The molecule has 0 unspecified atom stereocenters. The van der Waals surface area contributed by atoms with Crippen LogP contribution in [0.4, 0.5) is 0 Å². The number of halogens is 2. The summed E-state index contributed by atoms with van der Waals surface area (Å²) in [6.45, 7) is 0.271. The van der Waals surface area contributed by atoms with Gasteiger partial charge < -0.3 is 10.2 Å². The van der Waals surface area contributed by atoms with Gasteiger partial charge in [-0.1, -0.05) is 65.7 Å². The van der Waals surface area contributed by atoms with E-state index >= 15 is 0 Å². The van der Waals surface area contributed by atoms with Crippen molar-refractivity contribution in [1.29, 1.82) is 0 Å². The Morgan fingerprint density at radius 3 is 2.46 bits per heavy atom. The number of benzene rings is 2. The Balaban J connectivity index is 1.83. The smallest absolute Gasteiger partial charge is 0.242 e. The average Bonchev–Trinajstić information content (AvgIpc) is 2.57. The van der Waals surface area contributed by atoms with Crippen LogP contribution >= 0.6 is 23.2 Å². The summed E-state index contributed by atoms with van der Waals surface area (Å²) in [5, 5.41) is 3.52. The highest BCUT2D eigenvalue weighted by Crippen LogP contribution is 2.26. The minimum absolute atomic E-state index is 0.0552. The lowest BCUT2D eigenvalue weighted by Crippen LogP contribution is -2.38. The summed E-state index contributed by atoms with van der Waals surface area (Å²) in [5.41, 5.74) is 1.66. The van der Waals surface area contributed by atoms with E-state index in [1.807, 2.05) is 36.4 Å². The fourth-order valence-electron chi connectivity index (χ4n) is 2.17. The Morgan fingerprint density at radius 1 is 1.04 bits per heavy atom. The zero-order chi connectivity index (χ0) is 17.5. The SMILES string of the molecule is CN(Cc1cccc(Cl)c1Cl)C(=O)CNC(=O)Cc1ccccc1. The van der Waals surface area contributed by atoms with Crippen LogP contribution in [-0.2, 0) is 22.6 Å². The Labute approximate surface area is 151 Å². The molecule has 6 heteroatoms. The van der Waals surface area contributed by atoms with E-state index in [-0.39, 0.29) is 24.8 Å². The molecule has 0 aliphatic carbocycles. The number of carbonyl (C=O) groups is 2. The number of hydrogen-bond acceptors (Lipinski definition) is 2. The monoisotopic (exact) mass is 364 g/mol. The van der Waals surface area contributed by atoms with E-state index in [0.29, 0.717) is 16.6 Å². The highest BCUT2D eigenvalue weighted by molar-refractivity contribution is 6.42. The topological polar surface area (TPSA) is 49.4 Å². The fourth-order valence-corrected chi connectivity index (χ4v) is 2.55. The molecule has 0 saturated carbocycles. The second kappa shape index (κ2) is 8.71. The average molecular weight is 365 g/mol. The lowest BCUT2D eigenvalue weighted by atomic mass is 10.1. The number of nitrogens with one attached hydrogen (secondary N) is 1. The van der Waals surface area contributed by atoms with Gasteiger partial charge in [0.15, 0.2) is 0 Å². The van der Waals surface area contributed by atoms with E-state index in [2.05, 4.69) is 5.32 Å². The van der Waals surface area contributed by atoms with Crippen molar-refractivity contribution in [3.8, 4) is 0 Å². The molecule has 2 amide bonds. The van der Waals surface area contributed by atoms with Gasteiger partial charge in [-0.25, -0.2) is 0 Å². The van der Waals surface area contributed by atoms with Gasteiger partial charge in [0.2, 0.25) is 11.8 Å². The third kappa shape index (κ3) is 5.25. The number of rotatable bonds is 6. The Kier molecular flexibility index (Phi) is 6.64. The van der Waals surface area contributed by atoms with Crippen LogP contribution in [0.3, 0.4) is 0 Å². The van der Waals surface area contributed by atoms with Gasteiger partial charge in [0.25, 0.3) is 0 Å².